The number of benzene rings is 1. The Balaban J connectivity index is 1.39. The zero-order valence-electron chi connectivity index (χ0n) is 12.9. The first-order valence-electron chi connectivity index (χ1n) is 7.36. The molecule has 4 rings (SSSR count). The van der Waals surface area contributed by atoms with Crippen molar-refractivity contribution in [1.29, 1.82) is 0 Å². The molecule has 0 radical (unpaired) electrons. The van der Waals surface area contributed by atoms with E-state index >= 15 is 0 Å². The van der Waals surface area contributed by atoms with Crippen molar-refractivity contribution in [2.24, 2.45) is 0 Å². The predicted octanol–water partition coefficient (Wildman–Crippen LogP) is 3.00. The van der Waals surface area contributed by atoms with Crippen molar-refractivity contribution < 1.29 is 4.79 Å². The summed E-state index contributed by atoms with van der Waals surface area (Å²) in [4.78, 5) is 28.9. The Labute approximate surface area is 151 Å². The van der Waals surface area contributed by atoms with Gasteiger partial charge in [0.1, 0.15) is 24.3 Å². The molecule has 0 unspecified atom stereocenters. The molecule has 0 spiro atoms. The van der Waals surface area contributed by atoms with Crippen LogP contribution >= 0.6 is 23.1 Å². The van der Waals surface area contributed by atoms with Crippen molar-refractivity contribution in [3.8, 4) is 5.82 Å². The average Bonchev–Trinajstić information content (AvgIpc) is 3.29. The number of para-hydroxylation sites is 1. The van der Waals surface area contributed by atoms with E-state index in [-0.39, 0.29) is 11.7 Å². The van der Waals surface area contributed by atoms with E-state index in [2.05, 4.69) is 25.3 Å². The number of imidazole rings is 1. The molecule has 4 aromatic rings. The summed E-state index contributed by atoms with van der Waals surface area (Å²) in [6, 6.07) is 9.62. The number of carbonyl (C=O) groups excluding carboxylic acids is 1. The number of thioether (sulfide) groups is 1. The summed E-state index contributed by atoms with van der Waals surface area (Å²) in [5.41, 5.74) is 0.955. The number of nitrogens with zero attached hydrogens (tertiary/aromatic N) is 5. The quantitative estimate of drug-likeness (QED) is 0.545. The van der Waals surface area contributed by atoms with E-state index in [9.17, 15) is 4.79 Å². The van der Waals surface area contributed by atoms with Crippen molar-refractivity contribution in [2.45, 2.75) is 4.34 Å². The highest BCUT2D eigenvalue weighted by atomic mass is 32.2. The minimum absolute atomic E-state index is 0.139. The van der Waals surface area contributed by atoms with Gasteiger partial charge in [-0.3, -0.25) is 9.36 Å². The standard InChI is InChI=1S/C16H12N6OS2/c23-15(8-24-16-20-11-3-1-2-4-12(11)25-16)21-13-7-14(19-9-18-13)22-6-5-17-10-22/h1-7,9-10H,8H2,(H,18,19,21,23). The Hall–Kier alpha value is -2.78. The van der Waals surface area contributed by atoms with Crippen LogP contribution in [0.25, 0.3) is 16.0 Å². The molecule has 7 nitrogen and oxygen atoms in total. The maximum atomic E-state index is 12.2. The van der Waals surface area contributed by atoms with Crippen molar-refractivity contribution in [3.63, 3.8) is 0 Å². The molecule has 1 amide bonds. The Kier molecular flexibility index (Phi) is 4.40. The van der Waals surface area contributed by atoms with Crippen molar-refractivity contribution in [2.75, 3.05) is 11.1 Å². The van der Waals surface area contributed by atoms with Gasteiger partial charge in [0, 0.05) is 18.5 Å². The third-order valence-electron chi connectivity index (χ3n) is 3.29. The topological polar surface area (TPSA) is 85.6 Å². The molecule has 124 valence electrons. The van der Waals surface area contributed by atoms with Crippen molar-refractivity contribution in [3.05, 3.63) is 55.4 Å². The summed E-state index contributed by atoms with van der Waals surface area (Å²) in [5, 5.41) is 2.78. The molecule has 0 aliphatic rings. The van der Waals surface area contributed by atoms with Crippen LogP contribution in [0, 0.1) is 0 Å². The van der Waals surface area contributed by atoms with Gasteiger partial charge in [0.15, 0.2) is 4.34 Å². The molecule has 0 saturated heterocycles. The number of aromatic nitrogens is 5. The van der Waals surface area contributed by atoms with Crippen LogP contribution in [0.3, 0.4) is 0 Å². The fraction of sp³-hybridized carbons (Fsp3) is 0.0625. The summed E-state index contributed by atoms with van der Waals surface area (Å²) in [6.45, 7) is 0. The number of hydrogen-bond acceptors (Lipinski definition) is 7. The molecule has 3 heterocycles. The maximum absolute atomic E-state index is 12.2. The second kappa shape index (κ2) is 6.99. The fourth-order valence-corrected chi connectivity index (χ4v) is 4.04. The van der Waals surface area contributed by atoms with E-state index in [1.165, 1.54) is 18.1 Å². The first kappa shape index (κ1) is 15.7. The lowest BCUT2D eigenvalue weighted by Crippen LogP contribution is -2.15. The van der Waals surface area contributed by atoms with Gasteiger partial charge in [0.2, 0.25) is 5.91 Å². The Bertz CT molecular complexity index is 981. The molecule has 0 aliphatic carbocycles. The number of thiazole rings is 1. The number of fused-ring (bicyclic) bond motifs is 1. The van der Waals surface area contributed by atoms with Crippen LogP contribution < -0.4 is 5.32 Å². The zero-order chi connectivity index (χ0) is 17.1. The van der Waals surface area contributed by atoms with E-state index in [0.29, 0.717) is 11.6 Å². The molecule has 0 atom stereocenters. The lowest BCUT2D eigenvalue weighted by Gasteiger charge is -2.05. The second-order valence-electron chi connectivity index (χ2n) is 5.02. The highest BCUT2D eigenvalue weighted by Gasteiger charge is 2.09. The van der Waals surface area contributed by atoms with Gasteiger partial charge in [-0.1, -0.05) is 23.9 Å². The largest absolute Gasteiger partial charge is 0.310 e. The molecule has 0 aliphatic heterocycles. The monoisotopic (exact) mass is 368 g/mol. The van der Waals surface area contributed by atoms with Gasteiger partial charge in [-0.2, -0.15) is 0 Å². The van der Waals surface area contributed by atoms with Crippen LogP contribution in [0.1, 0.15) is 0 Å². The van der Waals surface area contributed by atoms with Crippen LogP contribution in [0.15, 0.2) is 59.7 Å². The highest BCUT2D eigenvalue weighted by Crippen LogP contribution is 2.29. The van der Waals surface area contributed by atoms with Crippen LogP contribution in [0.5, 0.6) is 0 Å². The first-order chi connectivity index (χ1) is 12.3. The number of rotatable bonds is 5. The van der Waals surface area contributed by atoms with Crippen LogP contribution in [-0.4, -0.2) is 36.2 Å². The second-order valence-corrected chi connectivity index (χ2v) is 7.27. The van der Waals surface area contributed by atoms with E-state index in [1.54, 1.807) is 40.7 Å². The van der Waals surface area contributed by atoms with E-state index in [0.717, 1.165) is 14.6 Å². The third kappa shape index (κ3) is 3.67. The molecule has 1 N–H and O–H groups in total. The zero-order valence-corrected chi connectivity index (χ0v) is 14.5. The number of carbonyl (C=O) groups is 1. The minimum atomic E-state index is -0.139. The summed E-state index contributed by atoms with van der Waals surface area (Å²) >= 11 is 2.99. The van der Waals surface area contributed by atoms with E-state index in [4.69, 9.17) is 0 Å². The van der Waals surface area contributed by atoms with E-state index in [1.807, 2.05) is 24.3 Å². The van der Waals surface area contributed by atoms with Gasteiger partial charge in [-0.05, 0) is 12.1 Å². The summed E-state index contributed by atoms with van der Waals surface area (Å²) in [7, 11) is 0. The Morgan fingerprint density at radius 1 is 1.28 bits per heavy atom. The van der Waals surface area contributed by atoms with Gasteiger partial charge >= 0.3 is 0 Å². The highest BCUT2D eigenvalue weighted by molar-refractivity contribution is 8.01. The number of anilines is 1. The van der Waals surface area contributed by atoms with Crippen molar-refractivity contribution >= 4 is 45.0 Å². The van der Waals surface area contributed by atoms with E-state index < -0.39 is 0 Å². The number of hydrogen-bond donors (Lipinski definition) is 1. The van der Waals surface area contributed by atoms with Gasteiger partial charge in [0.05, 0.1) is 16.0 Å². The molecule has 0 saturated carbocycles. The normalized spacial score (nSPS) is 10.9. The molecule has 1 aromatic carbocycles. The third-order valence-corrected chi connectivity index (χ3v) is 5.47. The SMILES string of the molecule is O=C(CSc1nc2ccccc2s1)Nc1cc(-n2ccnc2)ncn1. The van der Waals surface area contributed by atoms with Gasteiger partial charge in [-0.25, -0.2) is 19.9 Å². The van der Waals surface area contributed by atoms with Gasteiger partial charge in [-0.15, -0.1) is 11.3 Å². The van der Waals surface area contributed by atoms with Crippen LogP contribution in [0.2, 0.25) is 0 Å². The van der Waals surface area contributed by atoms with Crippen molar-refractivity contribution in [1.82, 2.24) is 24.5 Å². The summed E-state index contributed by atoms with van der Waals surface area (Å²) in [6.07, 6.45) is 6.48. The van der Waals surface area contributed by atoms with Crippen LogP contribution in [0.4, 0.5) is 5.82 Å². The molecular formula is C16H12N6OS2. The lowest BCUT2D eigenvalue weighted by atomic mass is 10.3. The predicted molar refractivity (Wildman–Crippen MR) is 98.1 cm³/mol. The Morgan fingerprint density at radius 3 is 3.04 bits per heavy atom. The smallest absolute Gasteiger partial charge is 0.235 e. The fourth-order valence-electron chi connectivity index (χ4n) is 2.17. The molecule has 3 aromatic heterocycles. The van der Waals surface area contributed by atoms with Gasteiger partial charge in [0.25, 0.3) is 0 Å². The molecule has 0 fully saturated rings. The molecule has 0 bridgehead atoms. The molecule has 25 heavy (non-hydrogen) atoms. The van der Waals surface area contributed by atoms with Gasteiger partial charge < -0.3 is 5.32 Å². The minimum Gasteiger partial charge on any atom is -0.310 e. The first-order valence-corrected chi connectivity index (χ1v) is 9.17. The molecule has 9 heteroatoms. The number of nitrogens with one attached hydrogen (secondary N) is 1. The maximum Gasteiger partial charge on any atom is 0.235 e. The van der Waals surface area contributed by atoms with Crippen LogP contribution in [-0.2, 0) is 4.79 Å². The lowest BCUT2D eigenvalue weighted by molar-refractivity contribution is -0.113. The average molecular weight is 368 g/mol. The summed E-state index contributed by atoms with van der Waals surface area (Å²) < 4.78 is 3.73. The molecular weight excluding hydrogens is 356 g/mol. The Morgan fingerprint density at radius 2 is 2.20 bits per heavy atom. The number of amides is 1. The summed E-state index contributed by atoms with van der Waals surface area (Å²) in [5.74, 6) is 1.22.